The number of hydrogen-bond acceptors (Lipinski definition) is 6. The van der Waals surface area contributed by atoms with E-state index in [9.17, 15) is 13.2 Å². The maximum atomic E-state index is 12.6. The SMILES string of the molecule is O=C(NC1CCCCC1)c1nc(-c2ccc(S(=O)(=O)N3CCCC3)cc2)no1. The molecular formula is C19H24N4O4S. The molecule has 2 aliphatic rings. The second-order valence-corrected chi connectivity index (χ2v) is 9.31. The van der Waals surface area contributed by atoms with Crippen LogP contribution in [0.25, 0.3) is 11.4 Å². The Morgan fingerprint density at radius 3 is 2.39 bits per heavy atom. The Kier molecular flexibility index (Phi) is 5.45. The molecule has 0 bridgehead atoms. The van der Waals surface area contributed by atoms with E-state index >= 15 is 0 Å². The summed E-state index contributed by atoms with van der Waals surface area (Å²) in [7, 11) is -3.46. The molecule has 2 fully saturated rings. The predicted octanol–water partition coefficient (Wildman–Crippen LogP) is 2.58. The minimum Gasteiger partial charge on any atom is -0.345 e. The van der Waals surface area contributed by atoms with Crippen LogP contribution in [-0.4, -0.2) is 47.9 Å². The summed E-state index contributed by atoms with van der Waals surface area (Å²) in [6.45, 7) is 1.13. The zero-order chi connectivity index (χ0) is 19.6. The quantitative estimate of drug-likeness (QED) is 0.821. The third-order valence-corrected chi connectivity index (χ3v) is 7.29. The normalized spacial score (nSPS) is 19.0. The lowest BCUT2D eigenvalue weighted by atomic mass is 9.95. The zero-order valence-corrected chi connectivity index (χ0v) is 16.5. The molecule has 2 heterocycles. The van der Waals surface area contributed by atoms with Gasteiger partial charge in [-0.15, -0.1) is 0 Å². The molecule has 1 N–H and O–H groups in total. The summed E-state index contributed by atoms with van der Waals surface area (Å²) in [5.74, 6) is -0.174. The molecular weight excluding hydrogens is 380 g/mol. The van der Waals surface area contributed by atoms with Crippen LogP contribution in [0, 0.1) is 0 Å². The first-order chi connectivity index (χ1) is 13.5. The predicted molar refractivity (Wildman–Crippen MR) is 102 cm³/mol. The molecule has 1 aliphatic heterocycles. The van der Waals surface area contributed by atoms with Crippen molar-refractivity contribution in [2.75, 3.05) is 13.1 Å². The lowest BCUT2D eigenvalue weighted by Crippen LogP contribution is -2.36. The minimum atomic E-state index is -3.46. The van der Waals surface area contributed by atoms with Gasteiger partial charge in [0.25, 0.3) is 0 Å². The summed E-state index contributed by atoms with van der Waals surface area (Å²) in [4.78, 5) is 16.7. The van der Waals surface area contributed by atoms with Crippen LogP contribution in [0.4, 0.5) is 0 Å². The van der Waals surface area contributed by atoms with Crippen molar-refractivity contribution in [3.05, 3.63) is 30.2 Å². The smallest absolute Gasteiger partial charge is 0.316 e. The van der Waals surface area contributed by atoms with E-state index in [0.29, 0.717) is 18.7 Å². The molecule has 0 spiro atoms. The average molecular weight is 404 g/mol. The Labute approximate surface area is 164 Å². The first kappa shape index (κ1) is 19.1. The van der Waals surface area contributed by atoms with E-state index in [-0.39, 0.29) is 28.6 Å². The molecule has 2 aromatic rings. The van der Waals surface area contributed by atoms with E-state index in [1.54, 1.807) is 24.3 Å². The number of nitrogens with one attached hydrogen (secondary N) is 1. The van der Waals surface area contributed by atoms with Gasteiger partial charge in [-0.25, -0.2) is 8.42 Å². The van der Waals surface area contributed by atoms with Crippen molar-refractivity contribution < 1.29 is 17.7 Å². The van der Waals surface area contributed by atoms with E-state index in [1.807, 2.05) is 0 Å². The number of aromatic nitrogens is 2. The molecule has 1 saturated carbocycles. The molecule has 9 heteroatoms. The van der Waals surface area contributed by atoms with Crippen LogP contribution in [0.2, 0.25) is 0 Å². The second kappa shape index (κ2) is 8.00. The topological polar surface area (TPSA) is 105 Å². The average Bonchev–Trinajstić information content (AvgIpc) is 3.41. The number of rotatable bonds is 5. The Morgan fingerprint density at radius 2 is 1.71 bits per heavy atom. The molecule has 150 valence electrons. The van der Waals surface area contributed by atoms with Crippen LogP contribution < -0.4 is 5.32 Å². The van der Waals surface area contributed by atoms with Crippen LogP contribution >= 0.6 is 0 Å². The molecule has 0 unspecified atom stereocenters. The molecule has 1 aromatic heterocycles. The standard InChI is InChI=1S/C19H24N4O4S/c24-18(20-15-6-2-1-3-7-15)19-21-17(22-27-19)14-8-10-16(11-9-14)28(25,26)23-12-4-5-13-23/h8-11,15H,1-7,12-13H2,(H,20,24). The first-order valence-electron chi connectivity index (χ1n) is 9.79. The van der Waals surface area contributed by atoms with Crippen molar-refractivity contribution in [1.29, 1.82) is 0 Å². The highest BCUT2D eigenvalue weighted by Crippen LogP contribution is 2.24. The van der Waals surface area contributed by atoms with Gasteiger partial charge in [0.15, 0.2) is 0 Å². The highest BCUT2D eigenvalue weighted by molar-refractivity contribution is 7.89. The summed E-state index contributed by atoms with van der Waals surface area (Å²) in [5, 5.41) is 6.80. The number of carbonyl (C=O) groups is 1. The largest absolute Gasteiger partial charge is 0.345 e. The molecule has 8 nitrogen and oxygen atoms in total. The molecule has 1 aliphatic carbocycles. The van der Waals surface area contributed by atoms with Gasteiger partial charge < -0.3 is 9.84 Å². The molecule has 28 heavy (non-hydrogen) atoms. The summed E-state index contributed by atoms with van der Waals surface area (Å²) >= 11 is 0. The van der Waals surface area contributed by atoms with Crippen LogP contribution in [-0.2, 0) is 10.0 Å². The highest BCUT2D eigenvalue weighted by atomic mass is 32.2. The number of benzene rings is 1. The molecule has 1 aromatic carbocycles. The maximum absolute atomic E-state index is 12.6. The van der Waals surface area contributed by atoms with Crippen molar-refractivity contribution in [2.24, 2.45) is 0 Å². The third kappa shape index (κ3) is 3.95. The van der Waals surface area contributed by atoms with Crippen LogP contribution in [0.15, 0.2) is 33.7 Å². The number of carbonyl (C=O) groups excluding carboxylic acids is 1. The van der Waals surface area contributed by atoms with Crippen molar-refractivity contribution in [1.82, 2.24) is 19.8 Å². The summed E-state index contributed by atoms with van der Waals surface area (Å²) in [5.41, 5.74) is 0.598. The van der Waals surface area contributed by atoms with E-state index in [0.717, 1.165) is 38.5 Å². The summed E-state index contributed by atoms with van der Waals surface area (Å²) in [6, 6.07) is 6.52. The van der Waals surface area contributed by atoms with Gasteiger partial charge in [-0.1, -0.05) is 24.4 Å². The van der Waals surface area contributed by atoms with Crippen molar-refractivity contribution in [3.8, 4) is 11.4 Å². The fraction of sp³-hybridized carbons (Fsp3) is 0.526. The number of hydrogen-bond donors (Lipinski definition) is 1. The Balaban J connectivity index is 1.45. The fourth-order valence-electron chi connectivity index (χ4n) is 3.78. The molecule has 0 atom stereocenters. The van der Waals surface area contributed by atoms with Gasteiger partial charge in [-0.05, 0) is 49.9 Å². The van der Waals surface area contributed by atoms with E-state index in [2.05, 4.69) is 15.5 Å². The van der Waals surface area contributed by atoms with Gasteiger partial charge in [0.1, 0.15) is 0 Å². The minimum absolute atomic E-state index is 0.0747. The third-order valence-electron chi connectivity index (χ3n) is 5.38. The lowest BCUT2D eigenvalue weighted by molar-refractivity contribution is 0.0883. The molecule has 4 rings (SSSR count). The second-order valence-electron chi connectivity index (χ2n) is 7.37. The molecule has 1 amide bonds. The van der Waals surface area contributed by atoms with Gasteiger partial charge >= 0.3 is 11.8 Å². The van der Waals surface area contributed by atoms with Gasteiger partial charge in [0.05, 0.1) is 4.90 Å². The Hall–Kier alpha value is -2.26. The maximum Gasteiger partial charge on any atom is 0.316 e. The van der Waals surface area contributed by atoms with Crippen molar-refractivity contribution in [3.63, 3.8) is 0 Å². The Morgan fingerprint density at radius 1 is 1.04 bits per heavy atom. The van der Waals surface area contributed by atoms with Gasteiger partial charge in [0, 0.05) is 24.7 Å². The number of nitrogens with zero attached hydrogens (tertiary/aromatic N) is 3. The van der Waals surface area contributed by atoms with Gasteiger partial charge in [-0.2, -0.15) is 9.29 Å². The first-order valence-corrected chi connectivity index (χ1v) is 11.2. The van der Waals surface area contributed by atoms with E-state index in [1.165, 1.54) is 10.7 Å². The Bertz CT molecular complexity index is 927. The van der Waals surface area contributed by atoms with E-state index < -0.39 is 10.0 Å². The van der Waals surface area contributed by atoms with Crippen LogP contribution in [0.3, 0.4) is 0 Å². The van der Waals surface area contributed by atoms with Gasteiger partial charge in [0.2, 0.25) is 15.8 Å². The van der Waals surface area contributed by atoms with Crippen LogP contribution in [0.5, 0.6) is 0 Å². The van der Waals surface area contributed by atoms with Gasteiger partial charge in [-0.3, -0.25) is 4.79 Å². The summed E-state index contributed by atoms with van der Waals surface area (Å²) in [6.07, 6.45) is 7.18. The molecule has 0 radical (unpaired) electrons. The molecule has 1 saturated heterocycles. The highest BCUT2D eigenvalue weighted by Gasteiger charge is 2.27. The van der Waals surface area contributed by atoms with E-state index in [4.69, 9.17) is 4.52 Å². The van der Waals surface area contributed by atoms with Crippen molar-refractivity contribution in [2.45, 2.75) is 55.9 Å². The zero-order valence-electron chi connectivity index (χ0n) is 15.6. The van der Waals surface area contributed by atoms with Crippen molar-refractivity contribution >= 4 is 15.9 Å². The lowest BCUT2D eigenvalue weighted by Gasteiger charge is -2.21. The van der Waals surface area contributed by atoms with Crippen LogP contribution in [0.1, 0.15) is 55.6 Å². The number of sulfonamides is 1. The summed E-state index contributed by atoms with van der Waals surface area (Å²) < 4.78 is 31.8. The monoisotopic (exact) mass is 404 g/mol. The number of amides is 1. The fourth-order valence-corrected chi connectivity index (χ4v) is 5.30.